The average molecular weight is 271 g/mol. The molecule has 0 aliphatic heterocycles. The van der Waals surface area contributed by atoms with E-state index < -0.39 is 0 Å². The third-order valence-electron chi connectivity index (χ3n) is 5.67. The maximum atomic E-state index is 6.49. The van der Waals surface area contributed by atoms with Crippen molar-refractivity contribution in [1.82, 2.24) is 10.2 Å². The summed E-state index contributed by atoms with van der Waals surface area (Å²) in [6.45, 7) is 1.77. The largest absolute Gasteiger partial charge is 0.413 e. The van der Waals surface area contributed by atoms with Crippen molar-refractivity contribution in [2.24, 2.45) is 35.3 Å². The van der Waals surface area contributed by atoms with Gasteiger partial charge >= 0.3 is 0 Å². The van der Waals surface area contributed by atoms with Gasteiger partial charge in [-0.3, -0.25) is 0 Å². The van der Waals surface area contributed by atoms with E-state index in [4.69, 9.17) is 10.2 Å². The second kappa shape index (κ2) is 4.60. The third-order valence-corrected chi connectivity index (χ3v) is 5.67. The molecule has 5 rings (SSSR count). The molecular formula is C16H21N3O. The Kier molecular flexibility index (Phi) is 2.85. The van der Waals surface area contributed by atoms with Crippen LogP contribution in [0, 0.1) is 41.4 Å². The fourth-order valence-corrected chi connectivity index (χ4v) is 5.25. The molecule has 4 heteroatoms. The number of nitrogens with two attached hydrogens (primary N) is 1. The second-order valence-electron chi connectivity index (χ2n) is 6.85. The van der Waals surface area contributed by atoms with Crippen molar-refractivity contribution in [3.63, 3.8) is 0 Å². The normalized spacial score (nSPS) is 39.4. The molecule has 20 heavy (non-hydrogen) atoms. The molecular weight excluding hydrogens is 250 g/mol. The van der Waals surface area contributed by atoms with Crippen molar-refractivity contribution >= 4 is 0 Å². The van der Waals surface area contributed by atoms with Crippen molar-refractivity contribution in [3.8, 4) is 11.8 Å². The summed E-state index contributed by atoms with van der Waals surface area (Å²) in [5, 5.41) is 8.09. The van der Waals surface area contributed by atoms with Gasteiger partial charge in [-0.05, 0) is 74.5 Å². The van der Waals surface area contributed by atoms with Gasteiger partial charge < -0.3 is 10.2 Å². The lowest BCUT2D eigenvalue weighted by Crippen LogP contribution is -2.48. The highest BCUT2D eigenvalue weighted by Gasteiger charge is 2.50. The lowest BCUT2D eigenvalue weighted by atomic mass is 9.50. The van der Waals surface area contributed by atoms with Crippen molar-refractivity contribution in [3.05, 3.63) is 11.8 Å². The molecule has 0 aromatic carbocycles. The van der Waals surface area contributed by atoms with Gasteiger partial charge in [-0.15, -0.1) is 5.10 Å². The SMILES string of the molecule is CC#Cc1nnc(C(N)C2C3CC4CC(C3)CC2C4)o1. The van der Waals surface area contributed by atoms with Gasteiger partial charge in [-0.2, -0.15) is 0 Å². The van der Waals surface area contributed by atoms with Crippen molar-refractivity contribution < 1.29 is 4.42 Å². The van der Waals surface area contributed by atoms with Crippen LogP contribution in [0.15, 0.2) is 4.42 Å². The molecule has 4 aliphatic carbocycles. The molecule has 4 fully saturated rings. The van der Waals surface area contributed by atoms with E-state index in [9.17, 15) is 0 Å². The van der Waals surface area contributed by atoms with Crippen LogP contribution in [0.1, 0.15) is 56.9 Å². The minimum absolute atomic E-state index is 0.107. The fourth-order valence-electron chi connectivity index (χ4n) is 5.25. The molecule has 4 nitrogen and oxygen atoms in total. The number of nitrogens with zero attached hydrogens (tertiary/aromatic N) is 2. The first-order valence-electron chi connectivity index (χ1n) is 7.76. The van der Waals surface area contributed by atoms with E-state index in [0.717, 1.165) is 23.7 Å². The van der Waals surface area contributed by atoms with E-state index in [-0.39, 0.29) is 6.04 Å². The van der Waals surface area contributed by atoms with Gasteiger partial charge in [0.15, 0.2) is 0 Å². The molecule has 2 N–H and O–H groups in total. The van der Waals surface area contributed by atoms with Gasteiger partial charge in [0.25, 0.3) is 5.89 Å². The highest BCUT2D eigenvalue weighted by atomic mass is 16.4. The Morgan fingerprint density at radius 3 is 2.35 bits per heavy atom. The van der Waals surface area contributed by atoms with Gasteiger partial charge in [0, 0.05) is 0 Å². The van der Waals surface area contributed by atoms with Crippen molar-refractivity contribution in [2.75, 3.05) is 0 Å². The zero-order chi connectivity index (χ0) is 13.7. The monoisotopic (exact) mass is 271 g/mol. The van der Waals surface area contributed by atoms with E-state index in [1.807, 2.05) is 0 Å². The summed E-state index contributed by atoms with van der Waals surface area (Å²) in [7, 11) is 0. The fraction of sp³-hybridized carbons (Fsp3) is 0.750. The highest BCUT2D eigenvalue weighted by molar-refractivity contribution is 5.16. The van der Waals surface area contributed by atoms with E-state index in [2.05, 4.69) is 22.0 Å². The summed E-state index contributed by atoms with van der Waals surface area (Å²) < 4.78 is 5.62. The zero-order valence-corrected chi connectivity index (χ0v) is 11.9. The first kappa shape index (κ1) is 12.4. The maximum Gasteiger partial charge on any atom is 0.293 e. The topological polar surface area (TPSA) is 64.9 Å². The molecule has 1 aromatic heterocycles. The second-order valence-corrected chi connectivity index (χ2v) is 6.85. The summed E-state index contributed by atoms with van der Waals surface area (Å²) in [5.74, 6) is 10.6. The Hall–Kier alpha value is -1.34. The molecule has 106 valence electrons. The summed E-state index contributed by atoms with van der Waals surface area (Å²) >= 11 is 0. The van der Waals surface area contributed by atoms with Crippen LogP contribution in [-0.2, 0) is 0 Å². The molecule has 4 aliphatic rings. The van der Waals surface area contributed by atoms with E-state index in [0.29, 0.717) is 17.7 Å². The lowest BCUT2D eigenvalue weighted by Gasteiger charge is -2.55. The molecule has 4 saturated carbocycles. The number of hydrogen-bond acceptors (Lipinski definition) is 4. The molecule has 1 unspecified atom stereocenters. The van der Waals surface area contributed by atoms with Gasteiger partial charge in [-0.1, -0.05) is 11.0 Å². The Morgan fingerprint density at radius 1 is 1.10 bits per heavy atom. The molecule has 4 bridgehead atoms. The summed E-state index contributed by atoms with van der Waals surface area (Å²) in [5.41, 5.74) is 6.49. The van der Waals surface area contributed by atoms with Gasteiger partial charge in [-0.25, -0.2) is 0 Å². The highest BCUT2D eigenvalue weighted by Crippen LogP contribution is 2.58. The Morgan fingerprint density at radius 2 is 1.75 bits per heavy atom. The Balaban J connectivity index is 1.58. The van der Waals surface area contributed by atoms with Gasteiger partial charge in [0.05, 0.1) is 6.04 Å². The van der Waals surface area contributed by atoms with Crippen LogP contribution in [0.25, 0.3) is 0 Å². The maximum absolute atomic E-state index is 6.49. The van der Waals surface area contributed by atoms with Gasteiger partial charge in [0.2, 0.25) is 5.89 Å². The van der Waals surface area contributed by atoms with E-state index in [1.165, 1.54) is 32.1 Å². The lowest BCUT2D eigenvalue weighted by molar-refractivity contribution is -0.0503. The van der Waals surface area contributed by atoms with Crippen LogP contribution in [0.4, 0.5) is 0 Å². The summed E-state index contributed by atoms with van der Waals surface area (Å²) in [6, 6.07) is -0.107. The van der Waals surface area contributed by atoms with Crippen LogP contribution in [0.3, 0.4) is 0 Å². The molecule has 0 amide bonds. The first-order valence-corrected chi connectivity index (χ1v) is 7.76. The summed E-state index contributed by atoms with van der Waals surface area (Å²) in [6.07, 6.45) is 6.91. The molecule has 0 spiro atoms. The van der Waals surface area contributed by atoms with Crippen LogP contribution in [-0.4, -0.2) is 10.2 Å². The molecule has 0 radical (unpaired) electrons. The van der Waals surface area contributed by atoms with Crippen LogP contribution >= 0.6 is 0 Å². The minimum Gasteiger partial charge on any atom is -0.413 e. The first-order chi connectivity index (χ1) is 9.74. The van der Waals surface area contributed by atoms with Crippen LogP contribution < -0.4 is 5.73 Å². The predicted molar refractivity (Wildman–Crippen MR) is 74.3 cm³/mol. The Labute approximate surface area is 119 Å². The predicted octanol–water partition coefficient (Wildman–Crippen LogP) is 2.51. The number of rotatable bonds is 2. The third kappa shape index (κ3) is 1.88. The zero-order valence-electron chi connectivity index (χ0n) is 11.9. The van der Waals surface area contributed by atoms with E-state index in [1.54, 1.807) is 6.92 Å². The van der Waals surface area contributed by atoms with Crippen molar-refractivity contribution in [2.45, 2.75) is 45.1 Å². The smallest absolute Gasteiger partial charge is 0.293 e. The standard InChI is InChI=1S/C16H21N3O/c1-2-3-13-18-19-16(20-13)15(17)14-11-5-9-4-10(7-11)8-12(14)6-9/h9-12,14-15H,4-8,17H2,1H3. The average Bonchev–Trinajstić information content (AvgIpc) is 2.86. The van der Waals surface area contributed by atoms with Gasteiger partial charge in [0.1, 0.15) is 0 Å². The number of hydrogen-bond donors (Lipinski definition) is 1. The Bertz CT molecular complexity index is 540. The molecule has 1 atom stereocenters. The molecule has 1 aromatic rings. The number of aromatic nitrogens is 2. The van der Waals surface area contributed by atoms with Crippen LogP contribution in [0.2, 0.25) is 0 Å². The van der Waals surface area contributed by atoms with E-state index >= 15 is 0 Å². The quantitative estimate of drug-likeness (QED) is 0.839. The van der Waals surface area contributed by atoms with Crippen molar-refractivity contribution in [1.29, 1.82) is 0 Å². The molecule has 0 saturated heterocycles. The summed E-state index contributed by atoms with van der Waals surface area (Å²) in [4.78, 5) is 0. The molecule has 1 heterocycles. The van der Waals surface area contributed by atoms with Crippen LogP contribution in [0.5, 0.6) is 0 Å². The minimum atomic E-state index is -0.107.